The average Bonchev–Trinajstić information content (AvgIpc) is 2.79. The number of nitrogens with one attached hydrogen (secondary N) is 1. The van der Waals surface area contributed by atoms with Crippen molar-refractivity contribution in [2.75, 3.05) is 52.6 Å². The van der Waals surface area contributed by atoms with Gasteiger partial charge >= 0.3 is 0 Å². The Hall–Kier alpha value is -0.170. The van der Waals surface area contributed by atoms with Crippen molar-refractivity contribution in [1.82, 2.24) is 14.5 Å². The van der Waals surface area contributed by atoms with E-state index in [0.717, 1.165) is 51.9 Å². The quantitative estimate of drug-likeness (QED) is 0.611. The van der Waals surface area contributed by atoms with E-state index < -0.39 is 10.0 Å². The Morgan fingerprint density at radius 3 is 2.65 bits per heavy atom. The molecule has 1 atom stereocenters. The van der Waals surface area contributed by atoms with E-state index in [1.165, 1.54) is 0 Å². The Balaban J connectivity index is 2.21. The zero-order valence-corrected chi connectivity index (χ0v) is 14.1. The van der Waals surface area contributed by atoms with Gasteiger partial charge in [0.25, 0.3) is 0 Å². The Morgan fingerprint density at radius 2 is 2.05 bits per heavy atom. The van der Waals surface area contributed by atoms with Gasteiger partial charge in [0.15, 0.2) is 0 Å². The number of likely N-dealkylation sites (tertiary alicyclic amines) is 1. The molecule has 0 bridgehead atoms. The molecule has 1 heterocycles. The van der Waals surface area contributed by atoms with Crippen molar-refractivity contribution in [2.45, 2.75) is 32.6 Å². The number of unbranched alkanes of at least 4 members (excludes halogenated alkanes) is 1. The molecule has 0 amide bonds. The van der Waals surface area contributed by atoms with Gasteiger partial charge < -0.3 is 10.2 Å². The van der Waals surface area contributed by atoms with E-state index in [1.807, 2.05) is 0 Å². The Morgan fingerprint density at radius 1 is 1.30 bits per heavy atom. The molecule has 5 nitrogen and oxygen atoms in total. The molecule has 0 radical (unpaired) electrons. The molecule has 1 unspecified atom stereocenters. The van der Waals surface area contributed by atoms with E-state index in [4.69, 9.17) is 0 Å². The van der Waals surface area contributed by atoms with E-state index >= 15 is 0 Å². The minimum Gasteiger partial charge on any atom is -0.317 e. The molecule has 0 aromatic rings. The second kappa shape index (κ2) is 8.97. The number of hydrogen-bond donors (Lipinski definition) is 1. The third-order valence-corrected chi connectivity index (χ3v) is 5.82. The summed E-state index contributed by atoms with van der Waals surface area (Å²) in [7, 11) is 0.749. The summed E-state index contributed by atoms with van der Waals surface area (Å²) in [5, 5.41) is 3.30. The monoisotopic (exact) mass is 305 g/mol. The van der Waals surface area contributed by atoms with Crippen molar-refractivity contribution in [1.29, 1.82) is 0 Å². The fraction of sp³-hybridized carbons (Fsp3) is 1.00. The Labute approximate surface area is 124 Å². The van der Waals surface area contributed by atoms with Gasteiger partial charge in [0.2, 0.25) is 10.0 Å². The summed E-state index contributed by atoms with van der Waals surface area (Å²) in [6.07, 6.45) is 3.90. The minimum absolute atomic E-state index is 0.278. The normalized spacial score (nSPS) is 20.9. The van der Waals surface area contributed by atoms with Crippen molar-refractivity contribution >= 4 is 10.0 Å². The SMILES string of the molecule is CCCNCCCCS(=O)(=O)N(C)CC1CCN(C)C1. The predicted octanol–water partition coefficient (Wildman–Crippen LogP) is 0.980. The van der Waals surface area contributed by atoms with Crippen LogP contribution in [0, 0.1) is 5.92 Å². The lowest BCUT2D eigenvalue weighted by Crippen LogP contribution is -2.34. The minimum atomic E-state index is -3.07. The summed E-state index contributed by atoms with van der Waals surface area (Å²) in [5.41, 5.74) is 0. The van der Waals surface area contributed by atoms with Crippen LogP contribution >= 0.6 is 0 Å². The molecule has 1 N–H and O–H groups in total. The molecule has 20 heavy (non-hydrogen) atoms. The highest BCUT2D eigenvalue weighted by atomic mass is 32.2. The maximum atomic E-state index is 12.2. The molecule has 1 fully saturated rings. The molecule has 1 aliphatic rings. The van der Waals surface area contributed by atoms with Gasteiger partial charge in [0, 0.05) is 20.1 Å². The fourth-order valence-corrected chi connectivity index (χ4v) is 3.96. The highest BCUT2D eigenvalue weighted by Crippen LogP contribution is 2.16. The van der Waals surface area contributed by atoms with E-state index in [0.29, 0.717) is 12.5 Å². The zero-order chi connectivity index (χ0) is 15.0. The molecule has 1 aliphatic heterocycles. The first-order chi connectivity index (χ1) is 9.45. The van der Waals surface area contributed by atoms with Crippen LogP contribution in [0.2, 0.25) is 0 Å². The van der Waals surface area contributed by atoms with Gasteiger partial charge in [0.05, 0.1) is 5.75 Å². The van der Waals surface area contributed by atoms with Gasteiger partial charge in [-0.25, -0.2) is 12.7 Å². The summed E-state index contributed by atoms with van der Waals surface area (Å²) < 4.78 is 25.9. The van der Waals surface area contributed by atoms with Gasteiger partial charge in [-0.3, -0.25) is 0 Å². The summed E-state index contributed by atoms with van der Waals surface area (Å²) in [5.74, 6) is 0.769. The van der Waals surface area contributed by atoms with Gasteiger partial charge in [-0.2, -0.15) is 0 Å². The van der Waals surface area contributed by atoms with Gasteiger partial charge in [-0.1, -0.05) is 6.92 Å². The first-order valence-corrected chi connectivity index (χ1v) is 9.40. The second-order valence-electron chi connectivity index (χ2n) is 5.97. The van der Waals surface area contributed by atoms with Crippen LogP contribution in [0.1, 0.15) is 32.6 Å². The van der Waals surface area contributed by atoms with E-state index in [1.54, 1.807) is 11.4 Å². The third kappa shape index (κ3) is 6.52. The van der Waals surface area contributed by atoms with Crippen LogP contribution in [0.25, 0.3) is 0 Å². The van der Waals surface area contributed by atoms with Crippen molar-refractivity contribution in [2.24, 2.45) is 5.92 Å². The third-order valence-electron chi connectivity index (χ3n) is 3.91. The standard InChI is InChI=1S/C14H31N3O2S/c1-4-8-15-9-5-6-11-20(18,19)17(3)13-14-7-10-16(2)12-14/h14-15H,4-13H2,1-3H3. The largest absolute Gasteiger partial charge is 0.317 e. The van der Waals surface area contributed by atoms with Crippen LogP contribution in [-0.2, 0) is 10.0 Å². The van der Waals surface area contributed by atoms with Crippen molar-refractivity contribution in [3.63, 3.8) is 0 Å². The molecule has 1 saturated heterocycles. The molecule has 0 aromatic carbocycles. The van der Waals surface area contributed by atoms with Crippen LogP contribution in [0.4, 0.5) is 0 Å². The van der Waals surface area contributed by atoms with Crippen LogP contribution in [0.15, 0.2) is 0 Å². The Bertz CT molecular complexity index is 359. The van der Waals surface area contributed by atoms with E-state index in [-0.39, 0.29) is 5.75 Å². The lowest BCUT2D eigenvalue weighted by molar-refractivity contribution is 0.356. The molecule has 6 heteroatoms. The predicted molar refractivity (Wildman–Crippen MR) is 84.4 cm³/mol. The topological polar surface area (TPSA) is 52.7 Å². The molecule has 120 valence electrons. The van der Waals surface area contributed by atoms with Gasteiger partial charge in [-0.15, -0.1) is 0 Å². The maximum Gasteiger partial charge on any atom is 0.213 e. The number of nitrogens with zero attached hydrogens (tertiary/aromatic N) is 2. The smallest absolute Gasteiger partial charge is 0.213 e. The molecule has 0 aliphatic carbocycles. The van der Waals surface area contributed by atoms with Crippen molar-refractivity contribution in [3.8, 4) is 0 Å². The fourth-order valence-electron chi connectivity index (χ4n) is 2.64. The maximum absolute atomic E-state index is 12.2. The van der Waals surface area contributed by atoms with Gasteiger partial charge in [0.1, 0.15) is 0 Å². The second-order valence-corrected chi connectivity index (χ2v) is 8.17. The molecule has 0 aromatic heterocycles. The number of hydrogen-bond acceptors (Lipinski definition) is 4. The highest BCUT2D eigenvalue weighted by Gasteiger charge is 2.25. The Kier molecular flexibility index (Phi) is 8.02. The molecule has 0 spiro atoms. The van der Waals surface area contributed by atoms with Crippen LogP contribution < -0.4 is 5.32 Å². The molecule has 0 saturated carbocycles. The molecule has 1 rings (SSSR count). The summed E-state index contributed by atoms with van der Waals surface area (Å²) >= 11 is 0. The van der Waals surface area contributed by atoms with Gasteiger partial charge in [-0.05, 0) is 58.3 Å². The number of sulfonamides is 1. The summed E-state index contributed by atoms with van der Waals surface area (Å²) in [6, 6.07) is 0. The molecular formula is C14H31N3O2S. The first-order valence-electron chi connectivity index (χ1n) is 7.79. The van der Waals surface area contributed by atoms with Crippen LogP contribution in [0.5, 0.6) is 0 Å². The molecular weight excluding hydrogens is 274 g/mol. The lowest BCUT2D eigenvalue weighted by Gasteiger charge is -2.20. The van der Waals surface area contributed by atoms with Crippen molar-refractivity contribution < 1.29 is 8.42 Å². The van der Waals surface area contributed by atoms with E-state index in [9.17, 15) is 8.42 Å². The zero-order valence-electron chi connectivity index (χ0n) is 13.3. The van der Waals surface area contributed by atoms with Crippen LogP contribution in [0.3, 0.4) is 0 Å². The lowest BCUT2D eigenvalue weighted by atomic mass is 10.1. The first kappa shape index (κ1) is 17.9. The summed E-state index contributed by atoms with van der Waals surface area (Å²) in [6.45, 7) is 6.83. The van der Waals surface area contributed by atoms with E-state index in [2.05, 4.69) is 24.2 Å². The van der Waals surface area contributed by atoms with Crippen molar-refractivity contribution in [3.05, 3.63) is 0 Å². The van der Waals surface area contributed by atoms with Crippen LogP contribution in [-0.4, -0.2) is 70.2 Å². The average molecular weight is 305 g/mol. The number of rotatable bonds is 10. The summed E-state index contributed by atoms with van der Waals surface area (Å²) in [4.78, 5) is 2.27. The highest BCUT2D eigenvalue weighted by molar-refractivity contribution is 7.89.